The predicted molar refractivity (Wildman–Crippen MR) is 116 cm³/mol. The Morgan fingerprint density at radius 2 is 2.03 bits per heavy atom. The van der Waals surface area contributed by atoms with Gasteiger partial charge in [-0.25, -0.2) is 9.37 Å². The van der Waals surface area contributed by atoms with Gasteiger partial charge in [-0.3, -0.25) is 4.79 Å². The van der Waals surface area contributed by atoms with E-state index in [1.165, 1.54) is 0 Å². The lowest BCUT2D eigenvalue weighted by molar-refractivity contribution is 0.0878. The monoisotopic (exact) mass is 433 g/mol. The van der Waals surface area contributed by atoms with Gasteiger partial charge in [0.2, 0.25) is 0 Å². The summed E-state index contributed by atoms with van der Waals surface area (Å²) in [6.45, 7) is 0. The molecule has 0 radical (unpaired) electrons. The zero-order valence-corrected chi connectivity index (χ0v) is 17.5. The number of phenolic OH excluding ortho intramolecular Hbond substituents is 1. The third-order valence-corrected chi connectivity index (χ3v) is 7.36. The molecule has 2 aromatic heterocycles. The van der Waals surface area contributed by atoms with Crippen molar-refractivity contribution in [2.75, 3.05) is 0 Å². The highest BCUT2D eigenvalue weighted by Crippen LogP contribution is 2.45. The summed E-state index contributed by atoms with van der Waals surface area (Å²) in [5, 5.41) is 22.8. The lowest BCUT2D eigenvalue weighted by Gasteiger charge is -2.39. The first-order chi connectivity index (χ1) is 15.6. The molecule has 0 amide bonds. The zero-order valence-electron chi connectivity index (χ0n) is 17.5. The fourth-order valence-electron chi connectivity index (χ4n) is 5.74. The maximum Gasteiger partial charge on any atom is 0.164 e. The van der Waals surface area contributed by atoms with Gasteiger partial charge in [0.25, 0.3) is 0 Å². The Hall–Kier alpha value is -3.13. The maximum absolute atomic E-state index is 15.2. The summed E-state index contributed by atoms with van der Waals surface area (Å²) in [4.78, 5) is 16.8. The summed E-state index contributed by atoms with van der Waals surface area (Å²) in [6, 6.07) is 7.22. The van der Waals surface area contributed by atoms with E-state index in [-0.39, 0.29) is 29.4 Å². The molecule has 8 heteroatoms. The van der Waals surface area contributed by atoms with Crippen LogP contribution in [0.1, 0.15) is 54.1 Å². The Bertz CT molecular complexity index is 1180. The highest BCUT2D eigenvalue weighted by Gasteiger charge is 2.47. The number of phenols is 1. The number of piperidine rings is 1. The van der Waals surface area contributed by atoms with E-state index in [1.54, 1.807) is 41.5 Å². The number of nitrogens with one attached hydrogen (secondary N) is 1. The molecule has 2 N–H and O–H groups in total. The summed E-state index contributed by atoms with van der Waals surface area (Å²) in [5.41, 5.74) is 2.84. The second-order valence-electron chi connectivity index (χ2n) is 9.16. The van der Waals surface area contributed by atoms with Gasteiger partial charge < -0.3 is 15.0 Å². The molecule has 6 rings (SSSR count). The molecular weight excluding hydrogens is 409 g/mol. The molecule has 2 bridgehead atoms. The molecule has 32 heavy (non-hydrogen) atoms. The van der Waals surface area contributed by atoms with Crippen LogP contribution < -0.4 is 5.32 Å². The Labute approximate surface area is 184 Å². The lowest BCUT2D eigenvalue weighted by Crippen LogP contribution is -2.49. The van der Waals surface area contributed by atoms with Crippen LogP contribution in [-0.2, 0) is 0 Å². The summed E-state index contributed by atoms with van der Waals surface area (Å²) < 4.78 is 17.0. The number of fused-ring (bicyclic) bond motifs is 3. The average Bonchev–Trinajstić information content (AvgIpc) is 3.48. The topological polar surface area (TPSA) is 92.9 Å². The van der Waals surface area contributed by atoms with Crippen molar-refractivity contribution in [1.29, 1.82) is 0 Å². The van der Waals surface area contributed by atoms with Gasteiger partial charge in [-0.15, -0.1) is 0 Å². The molecule has 0 saturated carbocycles. The number of aromatic hydroxyl groups is 1. The number of rotatable bonds is 3. The van der Waals surface area contributed by atoms with Crippen molar-refractivity contribution >= 4 is 5.78 Å². The van der Waals surface area contributed by atoms with E-state index in [0.29, 0.717) is 41.4 Å². The Kier molecular flexibility index (Phi) is 4.57. The van der Waals surface area contributed by atoms with Crippen LogP contribution >= 0.6 is 0 Å². The van der Waals surface area contributed by atoms with E-state index in [2.05, 4.69) is 20.5 Å². The van der Waals surface area contributed by atoms with E-state index < -0.39 is 6.17 Å². The minimum absolute atomic E-state index is 0.00856. The molecule has 3 aliphatic rings. The first-order valence-electron chi connectivity index (χ1n) is 11.2. The number of nitrogens with zero attached hydrogens (tertiary/aromatic N) is 4. The fourth-order valence-corrected chi connectivity index (χ4v) is 5.74. The molecule has 3 aromatic rings. The molecule has 2 fully saturated rings. The summed E-state index contributed by atoms with van der Waals surface area (Å²) >= 11 is 0. The third kappa shape index (κ3) is 3.12. The van der Waals surface area contributed by atoms with Crippen molar-refractivity contribution in [3.05, 3.63) is 54.2 Å². The molecule has 2 saturated heterocycles. The normalized spacial score (nSPS) is 29.2. The molecule has 4 heterocycles. The Morgan fingerprint density at radius 3 is 2.84 bits per heavy atom. The number of hydrogen-bond acceptors (Lipinski definition) is 6. The van der Waals surface area contributed by atoms with Gasteiger partial charge in [0.1, 0.15) is 11.9 Å². The van der Waals surface area contributed by atoms with E-state index in [9.17, 15) is 9.90 Å². The quantitative estimate of drug-likeness (QED) is 0.656. The number of carbonyl (C=O) groups excluding carboxylic acids is 1. The second-order valence-corrected chi connectivity index (χ2v) is 9.16. The van der Waals surface area contributed by atoms with Gasteiger partial charge in [-0.1, -0.05) is 0 Å². The molecule has 2 unspecified atom stereocenters. The number of carbonyl (C=O) groups is 1. The number of imidazole rings is 1. The summed E-state index contributed by atoms with van der Waals surface area (Å²) in [6.07, 6.45) is 7.84. The Balaban J connectivity index is 1.35. The van der Waals surface area contributed by atoms with E-state index in [1.807, 2.05) is 6.07 Å². The third-order valence-electron chi connectivity index (χ3n) is 7.36. The van der Waals surface area contributed by atoms with Crippen molar-refractivity contribution < 1.29 is 14.3 Å². The highest BCUT2D eigenvalue weighted by atomic mass is 19.1. The lowest BCUT2D eigenvalue weighted by atomic mass is 9.72. The van der Waals surface area contributed by atoms with Crippen LogP contribution in [-0.4, -0.2) is 48.9 Å². The molecule has 0 spiro atoms. The van der Waals surface area contributed by atoms with Crippen LogP contribution in [0.4, 0.5) is 4.39 Å². The van der Waals surface area contributed by atoms with Crippen molar-refractivity contribution in [1.82, 2.24) is 25.1 Å². The molecule has 2 aliphatic heterocycles. The van der Waals surface area contributed by atoms with Gasteiger partial charge in [-0.2, -0.15) is 10.2 Å². The molecule has 1 aromatic carbocycles. The average molecular weight is 433 g/mol. The molecule has 164 valence electrons. The Morgan fingerprint density at radius 1 is 1.12 bits per heavy atom. The fraction of sp³-hybridized carbons (Fsp3) is 0.417. The van der Waals surface area contributed by atoms with Crippen LogP contribution in [0.3, 0.4) is 0 Å². The first kappa shape index (κ1) is 19.5. The number of ketones is 1. The van der Waals surface area contributed by atoms with E-state index in [4.69, 9.17) is 0 Å². The van der Waals surface area contributed by atoms with Crippen molar-refractivity contribution in [2.24, 2.45) is 5.92 Å². The molecular formula is C24H24FN5O2. The van der Waals surface area contributed by atoms with Crippen LogP contribution in [0.2, 0.25) is 0 Å². The smallest absolute Gasteiger partial charge is 0.164 e. The van der Waals surface area contributed by atoms with Crippen LogP contribution in [0.15, 0.2) is 43.0 Å². The molecule has 1 aliphatic carbocycles. The number of alkyl halides is 1. The van der Waals surface area contributed by atoms with Gasteiger partial charge in [0, 0.05) is 59.9 Å². The second kappa shape index (κ2) is 7.48. The molecule has 7 nitrogen and oxygen atoms in total. The van der Waals surface area contributed by atoms with E-state index in [0.717, 1.165) is 24.9 Å². The minimum Gasteiger partial charge on any atom is -0.507 e. The molecule has 5 atom stereocenters. The van der Waals surface area contributed by atoms with Crippen LogP contribution in [0, 0.1) is 5.92 Å². The minimum atomic E-state index is -0.930. The first-order valence-corrected chi connectivity index (χ1v) is 11.2. The largest absolute Gasteiger partial charge is 0.507 e. The number of benzene rings is 1. The van der Waals surface area contributed by atoms with Gasteiger partial charge in [0.05, 0.1) is 23.4 Å². The standard InChI is InChI=1S/C24H24FN5O2/c25-23-17(9-13-1-5-19(23)27-13)15-4-6-21(31)18-11-20(28-29-24(15)18)16-3-2-14(10-22(16)32)30-8-7-26-12-30/h2-3,7-8,10-13,15,17,19,23,27,32H,1,4-6,9H2/t13?,15-,17+,19?,23+/m0/s1. The highest BCUT2D eigenvalue weighted by molar-refractivity contribution is 5.99. The van der Waals surface area contributed by atoms with Crippen molar-refractivity contribution in [2.45, 2.75) is 56.3 Å². The van der Waals surface area contributed by atoms with Crippen LogP contribution in [0.5, 0.6) is 5.75 Å². The van der Waals surface area contributed by atoms with E-state index >= 15 is 4.39 Å². The van der Waals surface area contributed by atoms with Gasteiger partial charge in [0.15, 0.2) is 5.78 Å². The van der Waals surface area contributed by atoms with Gasteiger partial charge in [-0.05, 0) is 43.9 Å². The van der Waals surface area contributed by atoms with Crippen molar-refractivity contribution in [3.63, 3.8) is 0 Å². The number of halogens is 1. The number of aromatic nitrogens is 4. The number of hydrogen-bond donors (Lipinski definition) is 2. The number of Topliss-reactive ketones (excluding diaryl/α,β-unsaturated/α-hetero) is 1. The van der Waals surface area contributed by atoms with Crippen molar-refractivity contribution in [3.8, 4) is 22.7 Å². The predicted octanol–water partition coefficient (Wildman–Crippen LogP) is 3.57. The SMILES string of the molecule is O=C1CC[C@@H]([C@H]2CC3CCC(N3)[C@@H]2F)c2nnc(-c3ccc(-n4ccnc4)cc3O)cc21. The zero-order chi connectivity index (χ0) is 21.8. The van der Waals surface area contributed by atoms with Crippen LogP contribution in [0.25, 0.3) is 16.9 Å². The summed E-state index contributed by atoms with van der Waals surface area (Å²) in [5.74, 6) is -0.177. The maximum atomic E-state index is 15.2. The van der Waals surface area contributed by atoms with Gasteiger partial charge >= 0.3 is 0 Å². The summed E-state index contributed by atoms with van der Waals surface area (Å²) in [7, 11) is 0.